The summed E-state index contributed by atoms with van der Waals surface area (Å²) in [5.74, 6) is -10.5. The molecule has 4 heterocycles. The molecule has 3 saturated heterocycles. The summed E-state index contributed by atoms with van der Waals surface area (Å²) in [5, 5.41) is 104. The van der Waals surface area contributed by atoms with Crippen LogP contribution in [0.5, 0.6) is 17.2 Å². The average Bonchev–Trinajstić information content (AvgIpc) is 2.62. The molecule has 85 heavy (non-hydrogen) atoms. The Balaban J connectivity index is 0.0000132. The van der Waals surface area contributed by atoms with Gasteiger partial charge < -0.3 is 92.0 Å². The molecular weight excluding hydrogens is 1150 g/mol. The van der Waals surface area contributed by atoms with E-state index < -0.39 is 177 Å². The van der Waals surface area contributed by atoms with Gasteiger partial charge in [0.25, 0.3) is 18.2 Å². The molecule has 0 radical (unpaired) electrons. The van der Waals surface area contributed by atoms with Crippen LogP contribution in [0.3, 0.4) is 0 Å². The average molecular weight is 1220 g/mol. The molecule has 13 atom stereocenters. The number of nitrogens with two attached hydrogens (primary N) is 1. The van der Waals surface area contributed by atoms with Gasteiger partial charge in [0.15, 0.2) is 11.5 Å². The van der Waals surface area contributed by atoms with Crippen molar-refractivity contribution >= 4 is 59.6 Å². The second-order valence-electron chi connectivity index (χ2n) is 21.0. The van der Waals surface area contributed by atoms with E-state index in [0.29, 0.717) is 23.6 Å². The topological polar surface area (TPSA) is 444 Å². The van der Waals surface area contributed by atoms with Gasteiger partial charge in [-0.25, -0.2) is 0 Å². The number of phenolic OH excluding ortho intramolecular Hbond substituents is 1. The van der Waals surface area contributed by atoms with Crippen LogP contribution in [0.4, 0.5) is 0 Å². The molecule has 460 valence electrons. The molecule has 6 rings (SSSR count). The number of unbranched alkanes of at least 4 members (excludes halogenated alkanes) is 4. The van der Waals surface area contributed by atoms with Crippen molar-refractivity contribution in [2.45, 2.75) is 151 Å². The number of carbonyl (C=O) groups excluding carboxylic acids is 8. The Morgan fingerprint density at radius 3 is 2.16 bits per heavy atom. The van der Waals surface area contributed by atoms with Crippen LogP contribution in [0.15, 0.2) is 60.8 Å². The predicted molar refractivity (Wildman–Crippen MR) is 291 cm³/mol. The molecule has 3 aromatic rings. The predicted octanol–water partition coefficient (Wildman–Crippen LogP) is -6.20. The molecular formula is C54H72N9NaO20S. The number of aliphatic hydroxyl groups excluding tert-OH is 6. The van der Waals surface area contributed by atoms with E-state index in [1.165, 1.54) is 31.7 Å². The maximum Gasteiger partial charge on any atom is 1.00 e. The minimum Gasteiger partial charge on any atom is -0.691 e. The van der Waals surface area contributed by atoms with Crippen LogP contribution < -0.4 is 76.1 Å². The molecule has 3 aliphatic heterocycles. The van der Waals surface area contributed by atoms with Gasteiger partial charge >= 0.3 is 29.6 Å². The number of rotatable bonds is 21. The van der Waals surface area contributed by atoms with E-state index in [4.69, 9.17) is 14.7 Å². The number of ether oxygens (including phenoxy) is 1. The zero-order chi connectivity index (χ0) is 61.4. The van der Waals surface area contributed by atoms with Crippen molar-refractivity contribution in [1.82, 2.24) is 41.4 Å². The number of aliphatic hydroxyl groups is 6. The second kappa shape index (κ2) is 33.0. The van der Waals surface area contributed by atoms with Crippen LogP contribution in [0.1, 0.15) is 88.1 Å². The van der Waals surface area contributed by atoms with Crippen molar-refractivity contribution in [2.24, 2.45) is 11.7 Å². The number of nitrogens with one attached hydrogen (secondary N) is 5. The van der Waals surface area contributed by atoms with Crippen LogP contribution in [0.25, 0.3) is 11.3 Å². The Morgan fingerprint density at radius 1 is 0.824 bits per heavy atom. The van der Waals surface area contributed by atoms with Crippen LogP contribution in [-0.2, 0) is 49.4 Å². The van der Waals surface area contributed by atoms with Gasteiger partial charge in [0, 0.05) is 56.6 Å². The monoisotopic (exact) mass is 1220 g/mol. The molecule has 3 aliphatic rings. The summed E-state index contributed by atoms with van der Waals surface area (Å²) >= 11 is -0.00462. The number of hydrogen-bond donors (Lipinski definition) is 13. The number of primary amides is 1. The number of carbonyl (C=O) groups is 8. The van der Waals surface area contributed by atoms with Crippen LogP contribution >= 0.6 is 12.3 Å². The molecule has 2 aromatic carbocycles. The van der Waals surface area contributed by atoms with Crippen molar-refractivity contribution in [3.63, 3.8) is 0 Å². The molecule has 0 saturated carbocycles. The van der Waals surface area contributed by atoms with Crippen LogP contribution in [0.2, 0.25) is 0 Å². The van der Waals surface area contributed by atoms with Crippen LogP contribution in [-0.4, -0.2) is 197 Å². The van der Waals surface area contributed by atoms with Gasteiger partial charge in [0.2, 0.25) is 41.4 Å². The summed E-state index contributed by atoms with van der Waals surface area (Å²) in [6.45, 7) is 3.57. The number of β-amino-alcohol motifs (C(OH)–C–C–N with tert-alkyl or cyclic N) is 1. The first-order chi connectivity index (χ1) is 40.0. The first kappa shape index (κ1) is 69.5. The molecule has 31 heteroatoms. The van der Waals surface area contributed by atoms with Gasteiger partial charge in [0.1, 0.15) is 42.0 Å². The van der Waals surface area contributed by atoms with E-state index >= 15 is 0 Å². The molecule has 8 amide bonds. The number of hydrogen-bond acceptors (Lipinski definition) is 22. The Bertz CT molecular complexity index is 2770. The number of phenols is 1. The minimum atomic E-state index is -2.22. The smallest absolute Gasteiger partial charge is 0.691 e. The molecule has 14 N–H and O–H groups in total. The number of benzene rings is 2. The summed E-state index contributed by atoms with van der Waals surface area (Å²) in [4.78, 5) is 119. The summed E-state index contributed by atoms with van der Waals surface area (Å²) in [6.07, 6.45) is -6.97. The SMILES string of the molecule is CCCCCCCOc1ccc(-c2ccc(C(=O)NC3CC(O)CNC(=O)C4C(O)C(C)CN4C(=O)C(C(O)CC(N)=O)NC(=O)C(C(O)Cc4ccc(O)c(OSOO[O-])c4)NC(=O)C4CC(O)CN4C(=O)C(C(C)O)NC3=O)cn2)cc1.[Na+]. The van der Waals surface area contributed by atoms with E-state index in [2.05, 4.69) is 47.9 Å². The van der Waals surface area contributed by atoms with Gasteiger partial charge in [-0.3, -0.25) is 48.4 Å². The molecule has 3 fully saturated rings. The Hall–Kier alpha value is -6.26. The second-order valence-corrected chi connectivity index (χ2v) is 21.4. The van der Waals surface area contributed by atoms with Crippen LogP contribution in [0, 0.1) is 5.92 Å². The van der Waals surface area contributed by atoms with Crippen molar-refractivity contribution < 1.29 is 127 Å². The number of aromatic hydroxyl groups is 1. The normalized spacial score (nSPS) is 25.5. The Labute approximate surface area is 515 Å². The third kappa shape index (κ3) is 19.1. The van der Waals surface area contributed by atoms with Gasteiger partial charge in [-0.15, -0.1) is 4.33 Å². The third-order valence-electron chi connectivity index (χ3n) is 14.5. The maximum atomic E-state index is 14.6. The van der Waals surface area contributed by atoms with Crippen molar-refractivity contribution in [2.75, 3.05) is 26.2 Å². The Kier molecular flexibility index (Phi) is 27.0. The number of pyridine rings is 1. The van der Waals surface area contributed by atoms with E-state index in [-0.39, 0.29) is 58.8 Å². The molecule has 0 spiro atoms. The fraction of sp³-hybridized carbons (Fsp3) is 0.537. The minimum absolute atomic E-state index is 0. The first-order valence-electron chi connectivity index (χ1n) is 27.3. The molecule has 0 bridgehead atoms. The first-order valence-corrected chi connectivity index (χ1v) is 28.0. The van der Waals surface area contributed by atoms with Crippen molar-refractivity contribution in [3.8, 4) is 28.5 Å². The number of fused-ring (bicyclic) bond motifs is 2. The summed E-state index contributed by atoms with van der Waals surface area (Å²) < 4.78 is 15.0. The van der Waals surface area contributed by atoms with Crippen molar-refractivity contribution in [3.05, 3.63) is 71.9 Å². The van der Waals surface area contributed by atoms with E-state index in [9.17, 15) is 79.4 Å². The Morgan fingerprint density at radius 2 is 1.51 bits per heavy atom. The van der Waals surface area contributed by atoms with E-state index in [1.54, 1.807) is 30.3 Å². The quantitative estimate of drug-likeness (QED) is 0.0155. The fourth-order valence-electron chi connectivity index (χ4n) is 9.97. The molecule has 1 aromatic heterocycles. The third-order valence-corrected chi connectivity index (χ3v) is 14.9. The van der Waals surface area contributed by atoms with Gasteiger partial charge in [0.05, 0.1) is 60.9 Å². The largest absolute Gasteiger partial charge is 1.00 e. The maximum absolute atomic E-state index is 14.6. The summed E-state index contributed by atoms with van der Waals surface area (Å²) in [5.41, 5.74) is 6.56. The molecule has 29 nitrogen and oxygen atoms in total. The van der Waals surface area contributed by atoms with Gasteiger partial charge in [-0.05, 0) is 67.4 Å². The molecule has 13 unspecified atom stereocenters. The standard InChI is InChI=1S/C54H73N9O20S.Na/c1-4-5-6-7-8-17-80-34-13-10-30(11-14-34)35-15-12-31(23-56-35)48(72)58-36-20-32(65)24-57-52(76)46-47(71)27(2)25-63(46)54(78)45(40(69)22-42(55)70)61-51(75)44(39(68)18-29-9-16-38(67)41(19-29)81-84-83-82-79)60-50(74)37-21-33(66)26-62(37)53(77)43(28(3)64)59-49(36)73;/h9-16,19,23,27-28,32-33,36-37,39-40,43-47,64-69,71,79H,4-8,17-18,20-22,24-26H2,1-3H3,(H2,55,70)(H,57,76)(H,58,72)(H,59,73)(H,60,74)(H,61,75);/q;+1/p-1. The molecule has 0 aliphatic carbocycles. The number of nitrogens with zero attached hydrogens (tertiary/aromatic N) is 3. The summed E-state index contributed by atoms with van der Waals surface area (Å²) in [6, 6.07) is 1.91. The number of aromatic nitrogens is 1. The van der Waals surface area contributed by atoms with E-state index in [1.807, 2.05) is 0 Å². The van der Waals surface area contributed by atoms with Crippen molar-refractivity contribution in [1.29, 1.82) is 0 Å². The van der Waals surface area contributed by atoms with Gasteiger partial charge in [-0.2, -0.15) is 0 Å². The number of amides is 8. The summed E-state index contributed by atoms with van der Waals surface area (Å²) in [7, 11) is 0. The zero-order valence-corrected chi connectivity index (χ0v) is 50.1. The fourth-order valence-corrected chi connectivity index (χ4v) is 10.2. The van der Waals surface area contributed by atoms with Gasteiger partial charge in [-0.1, -0.05) is 45.6 Å². The zero-order valence-electron chi connectivity index (χ0n) is 47.2. The van der Waals surface area contributed by atoms with E-state index in [0.717, 1.165) is 54.5 Å².